The van der Waals surface area contributed by atoms with Crippen LogP contribution in [0.2, 0.25) is 5.15 Å². The Morgan fingerprint density at radius 3 is 2.64 bits per heavy atom. The zero-order valence-electron chi connectivity index (χ0n) is 19.8. The third-order valence-corrected chi connectivity index (χ3v) is 6.62. The van der Waals surface area contributed by atoms with Gasteiger partial charge in [-0.15, -0.1) is 0 Å². The Morgan fingerprint density at radius 2 is 1.89 bits per heavy atom. The van der Waals surface area contributed by atoms with Crippen LogP contribution in [0.3, 0.4) is 0 Å². The number of hydrogen-bond donors (Lipinski definition) is 2. The molecule has 184 valence electrons. The number of anilines is 2. The lowest BCUT2D eigenvalue weighted by Crippen LogP contribution is -2.28. The fraction of sp³-hybridized carbons (Fsp3) is 0.231. The van der Waals surface area contributed by atoms with E-state index in [0.29, 0.717) is 35.6 Å². The number of carboxylic acid groups (broad SMARTS) is 1. The number of fused-ring (bicyclic) bond motifs is 2. The normalized spacial score (nSPS) is 13.6. The van der Waals surface area contributed by atoms with Crippen LogP contribution in [-0.4, -0.2) is 25.6 Å². The predicted octanol–water partition coefficient (Wildman–Crippen LogP) is 4.82. The molecule has 0 amide bonds. The maximum atomic E-state index is 13.8. The van der Waals surface area contributed by atoms with Crippen LogP contribution in [-0.2, 0) is 20.1 Å². The Balaban J connectivity index is 1.60. The first-order valence-electron chi connectivity index (χ1n) is 11.3. The lowest BCUT2D eigenvalue weighted by atomic mass is 10.0. The summed E-state index contributed by atoms with van der Waals surface area (Å²) >= 11 is 5.89. The van der Waals surface area contributed by atoms with Crippen molar-refractivity contribution in [2.24, 2.45) is 7.05 Å². The number of nitrogens with one attached hydrogen (secondary N) is 1. The van der Waals surface area contributed by atoms with Crippen molar-refractivity contribution in [1.29, 1.82) is 0 Å². The average molecular weight is 508 g/mol. The zero-order valence-corrected chi connectivity index (χ0v) is 20.6. The highest BCUT2D eigenvalue weighted by molar-refractivity contribution is 6.29. The third-order valence-electron chi connectivity index (χ3n) is 6.41. The lowest BCUT2D eigenvalue weighted by Gasteiger charge is -2.23. The molecule has 0 fully saturated rings. The summed E-state index contributed by atoms with van der Waals surface area (Å²) in [5, 5.41) is 13.3. The molecule has 2 aromatic heterocycles. The van der Waals surface area contributed by atoms with Crippen molar-refractivity contribution < 1.29 is 14.3 Å². The molecule has 10 heteroatoms. The van der Waals surface area contributed by atoms with Gasteiger partial charge in [0, 0.05) is 25.7 Å². The van der Waals surface area contributed by atoms with Gasteiger partial charge in [0.1, 0.15) is 11.0 Å². The van der Waals surface area contributed by atoms with E-state index in [1.807, 2.05) is 24.8 Å². The van der Waals surface area contributed by atoms with Crippen molar-refractivity contribution in [2.45, 2.75) is 33.0 Å². The largest absolute Gasteiger partial charge is 0.476 e. The van der Waals surface area contributed by atoms with Crippen LogP contribution in [0.5, 0.6) is 0 Å². The van der Waals surface area contributed by atoms with Gasteiger partial charge in [-0.05, 0) is 60.9 Å². The number of aryl methyl sites for hydroxylation is 1. The van der Waals surface area contributed by atoms with E-state index in [9.17, 15) is 19.1 Å². The molecule has 2 aromatic carbocycles. The van der Waals surface area contributed by atoms with Gasteiger partial charge in [0.25, 0.3) is 5.56 Å². The van der Waals surface area contributed by atoms with Crippen molar-refractivity contribution in [3.05, 3.63) is 91.7 Å². The molecular formula is C26H23ClFN5O3. The smallest absolute Gasteiger partial charge is 0.356 e. The van der Waals surface area contributed by atoms with Crippen LogP contribution >= 0.6 is 11.6 Å². The van der Waals surface area contributed by atoms with Crippen LogP contribution < -0.4 is 15.8 Å². The Labute approximate surface area is 211 Å². The summed E-state index contributed by atoms with van der Waals surface area (Å²) < 4.78 is 15.3. The number of carbonyl (C=O) groups is 1. The number of aromatic nitrogens is 3. The number of hydrogen-bond acceptors (Lipinski definition) is 6. The number of halogens is 2. The molecule has 0 bridgehead atoms. The molecule has 1 atom stereocenters. The van der Waals surface area contributed by atoms with Gasteiger partial charge in [0.05, 0.1) is 22.6 Å². The molecule has 1 aliphatic rings. The van der Waals surface area contributed by atoms with Gasteiger partial charge in [-0.25, -0.2) is 19.2 Å². The molecule has 0 unspecified atom stereocenters. The minimum atomic E-state index is -1.21. The quantitative estimate of drug-likeness (QED) is 0.373. The van der Waals surface area contributed by atoms with Crippen LogP contribution in [0.1, 0.15) is 45.7 Å². The summed E-state index contributed by atoms with van der Waals surface area (Å²) in [6, 6.07) is 11.1. The summed E-state index contributed by atoms with van der Waals surface area (Å²) in [4.78, 5) is 35.9. The number of pyridine rings is 1. The third kappa shape index (κ3) is 4.15. The van der Waals surface area contributed by atoms with Gasteiger partial charge < -0.3 is 15.3 Å². The second kappa shape index (κ2) is 8.91. The standard InChI is InChI=1S/C26H23ClFN5O3/c1-13-8-18(14(2)29-20-6-7-21(27)30-23(20)25(35)36)22-19(9-13)24(34)32(3)26(31-22)33-11-15-4-5-17(28)10-16(15)12-33/h4-10,14,29H,11-12H2,1-3H3,(H,35,36)/t14-/m1/s1. The Kier molecular flexibility index (Phi) is 5.88. The van der Waals surface area contributed by atoms with Crippen LogP contribution in [0, 0.1) is 12.7 Å². The van der Waals surface area contributed by atoms with Crippen LogP contribution in [0.4, 0.5) is 16.0 Å². The molecule has 0 saturated heterocycles. The van der Waals surface area contributed by atoms with E-state index in [4.69, 9.17) is 16.6 Å². The fourth-order valence-electron chi connectivity index (χ4n) is 4.68. The molecule has 2 N–H and O–H groups in total. The monoisotopic (exact) mass is 507 g/mol. The van der Waals surface area contributed by atoms with Gasteiger partial charge in [-0.3, -0.25) is 9.36 Å². The van der Waals surface area contributed by atoms with Crippen molar-refractivity contribution in [3.63, 3.8) is 0 Å². The zero-order chi connectivity index (χ0) is 25.7. The Morgan fingerprint density at radius 1 is 1.14 bits per heavy atom. The van der Waals surface area contributed by atoms with Crippen LogP contribution in [0.15, 0.2) is 47.3 Å². The maximum Gasteiger partial charge on any atom is 0.356 e. The van der Waals surface area contributed by atoms with Crippen molar-refractivity contribution in [2.75, 3.05) is 10.2 Å². The average Bonchev–Trinajstić information content (AvgIpc) is 3.25. The molecule has 4 aromatic rings. The summed E-state index contributed by atoms with van der Waals surface area (Å²) in [6.45, 7) is 4.70. The molecule has 0 aliphatic carbocycles. The summed E-state index contributed by atoms with van der Waals surface area (Å²) in [5.74, 6) is -1.03. The van der Waals surface area contributed by atoms with E-state index in [2.05, 4.69) is 10.3 Å². The molecular weight excluding hydrogens is 485 g/mol. The fourth-order valence-corrected chi connectivity index (χ4v) is 4.83. The highest BCUT2D eigenvalue weighted by Crippen LogP contribution is 2.31. The molecule has 0 radical (unpaired) electrons. The molecule has 1 aliphatic heterocycles. The van der Waals surface area contributed by atoms with E-state index >= 15 is 0 Å². The van der Waals surface area contributed by atoms with Crippen molar-refractivity contribution in [1.82, 2.24) is 14.5 Å². The SMILES string of the molecule is Cc1cc([C@@H](C)Nc2ccc(Cl)nc2C(=O)O)c2nc(N3Cc4ccc(F)cc4C3)n(C)c(=O)c2c1. The first kappa shape index (κ1) is 23.7. The molecule has 0 saturated carbocycles. The van der Waals surface area contributed by atoms with Gasteiger partial charge in [0.2, 0.25) is 5.95 Å². The maximum absolute atomic E-state index is 13.8. The number of rotatable bonds is 5. The first-order valence-corrected chi connectivity index (χ1v) is 11.7. The second-order valence-electron chi connectivity index (χ2n) is 9.00. The van der Waals surface area contributed by atoms with Gasteiger partial charge >= 0.3 is 5.97 Å². The van der Waals surface area contributed by atoms with Crippen molar-refractivity contribution in [3.8, 4) is 0 Å². The molecule has 0 spiro atoms. The van der Waals surface area contributed by atoms with E-state index in [1.165, 1.54) is 22.8 Å². The van der Waals surface area contributed by atoms with E-state index in [-0.39, 0.29) is 22.2 Å². The predicted molar refractivity (Wildman–Crippen MR) is 136 cm³/mol. The number of carboxylic acids is 1. The minimum absolute atomic E-state index is 0.0768. The summed E-state index contributed by atoms with van der Waals surface area (Å²) in [6.07, 6.45) is 0. The number of aromatic carboxylic acids is 1. The molecule has 5 rings (SSSR count). The van der Waals surface area contributed by atoms with E-state index in [0.717, 1.165) is 22.3 Å². The Hall–Kier alpha value is -3.98. The minimum Gasteiger partial charge on any atom is -0.476 e. The molecule has 8 nitrogen and oxygen atoms in total. The number of benzene rings is 2. The van der Waals surface area contributed by atoms with E-state index in [1.54, 1.807) is 25.2 Å². The van der Waals surface area contributed by atoms with Gasteiger partial charge in [-0.2, -0.15) is 0 Å². The summed E-state index contributed by atoms with van der Waals surface area (Å²) in [7, 11) is 1.68. The highest BCUT2D eigenvalue weighted by Gasteiger charge is 2.25. The first-order chi connectivity index (χ1) is 17.1. The van der Waals surface area contributed by atoms with Crippen LogP contribution in [0.25, 0.3) is 10.9 Å². The van der Waals surface area contributed by atoms with Gasteiger partial charge in [0.15, 0.2) is 5.69 Å². The number of nitrogens with zero attached hydrogens (tertiary/aromatic N) is 4. The summed E-state index contributed by atoms with van der Waals surface area (Å²) in [5.41, 5.74) is 3.87. The Bertz CT molecular complexity index is 1600. The molecule has 36 heavy (non-hydrogen) atoms. The van der Waals surface area contributed by atoms with Crippen molar-refractivity contribution >= 4 is 40.1 Å². The second-order valence-corrected chi connectivity index (χ2v) is 9.38. The topological polar surface area (TPSA) is 100 Å². The lowest BCUT2D eigenvalue weighted by molar-refractivity contribution is 0.0691. The molecule has 3 heterocycles. The van der Waals surface area contributed by atoms with E-state index < -0.39 is 12.0 Å². The van der Waals surface area contributed by atoms with Gasteiger partial charge in [-0.1, -0.05) is 23.7 Å². The highest BCUT2D eigenvalue weighted by atomic mass is 35.5.